The largest absolute Gasteiger partial charge is 0.463 e. The molecule has 0 aliphatic rings. The van der Waals surface area contributed by atoms with Gasteiger partial charge in [0.15, 0.2) is 0 Å². The predicted molar refractivity (Wildman–Crippen MR) is 26.5 cm³/mol. The molecule has 0 aromatic rings. The summed E-state index contributed by atoms with van der Waals surface area (Å²) in [6.45, 7) is 6.63. The van der Waals surface area contributed by atoms with Crippen molar-refractivity contribution in [2.24, 2.45) is 0 Å². The van der Waals surface area contributed by atoms with Gasteiger partial charge in [-0.2, -0.15) is 0 Å². The van der Waals surface area contributed by atoms with E-state index >= 15 is 0 Å². The Hall–Kier alpha value is -0.167. The molecule has 2 nitrogen and oxygen atoms in total. The number of hydrogen-bond donors (Lipinski definition) is 0. The molecule has 3 heteroatoms. The molecule has 0 aromatic heterocycles. The molecular formula is C5H7O2Zn. The van der Waals surface area contributed by atoms with Crippen molar-refractivity contribution in [3.05, 3.63) is 19.6 Å². The second-order valence-electron chi connectivity index (χ2n) is 0.872. The van der Waals surface area contributed by atoms with E-state index in [4.69, 9.17) is 0 Å². The van der Waals surface area contributed by atoms with E-state index in [1.54, 1.807) is 0 Å². The first-order valence-electron chi connectivity index (χ1n) is 1.89. The van der Waals surface area contributed by atoms with E-state index in [-0.39, 0.29) is 26.1 Å². The monoisotopic (exact) mass is 163 g/mol. The topological polar surface area (TPSA) is 26.3 Å². The van der Waals surface area contributed by atoms with E-state index in [1.165, 1.54) is 0 Å². The summed E-state index contributed by atoms with van der Waals surface area (Å²) in [5, 5.41) is 0. The quantitative estimate of drug-likeness (QED) is 0.338. The van der Waals surface area contributed by atoms with Crippen molar-refractivity contribution in [3.63, 3.8) is 0 Å². The van der Waals surface area contributed by atoms with E-state index < -0.39 is 5.97 Å². The van der Waals surface area contributed by atoms with E-state index in [2.05, 4.69) is 18.2 Å². The van der Waals surface area contributed by atoms with Gasteiger partial charge in [0, 0.05) is 25.6 Å². The number of carbonyl (C=O) groups is 1. The Balaban J connectivity index is 0. The van der Waals surface area contributed by atoms with Crippen LogP contribution >= 0.6 is 0 Å². The van der Waals surface area contributed by atoms with Crippen molar-refractivity contribution < 1.29 is 29.0 Å². The molecule has 0 atom stereocenters. The average molecular weight is 164 g/mol. The number of carbonyl (C=O) groups excluding carboxylic acids is 1. The SMILES string of the molecule is [CH2]COC(=O)C=C.[Zn]. The molecule has 0 aromatic carbocycles. The van der Waals surface area contributed by atoms with Crippen molar-refractivity contribution in [1.82, 2.24) is 0 Å². The summed E-state index contributed by atoms with van der Waals surface area (Å²) in [5.74, 6) is -0.421. The summed E-state index contributed by atoms with van der Waals surface area (Å²) in [6.07, 6.45) is 1.10. The molecule has 0 N–H and O–H groups in total. The van der Waals surface area contributed by atoms with Gasteiger partial charge >= 0.3 is 5.97 Å². The minimum absolute atomic E-state index is 0. The first-order chi connectivity index (χ1) is 3.31. The van der Waals surface area contributed by atoms with E-state index in [0.717, 1.165) is 6.08 Å². The average Bonchev–Trinajstić information content (AvgIpc) is 1.68. The number of esters is 1. The molecule has 0 rings (SSSR count). The Morgan fingerprint density at radius 2 is 2.25 bits per heavy atom. The van der Waals surface area contributed by atoms with Gasteiger partial charge in [-0.3, -0.25) is 0 Å². The van der Waals surface area contributed by atoms with Crippen molar-refractivity contribution in [1.29, 1.82) is 0 Å². The van der Waals surface area contributed by atoms with E-state index in [9.17, 15) is 4.79 Å². The van der Waals surface area contributed by atoms with Gasteiger partial charge in [-0.15, -0.1) is 0 Å². The first-order valence-corrected chi connectivity index (χ1v) is 1.89. The van der Waals surface area contributed by atoms with Crippen LogP contribution in [0.25, 0.3) is 0 Å². The fourth-order valence-electron chi connectivity index (χ4n) is 0.160. The van der Waals surface area contributed by atoms with Crippen LogP contribution in [0.1, 0.15) is 0 Å². The zero-order valence-corrected chi connectivity index (χ0v) is 7.69. The van der Waals surface area contributed by atoms with Crippen LogP contribution in [0.4, 0.5) is 0 Å². The maximum Gasteiger partial charge on any atom is 0.330 e. The molecule has 0 aliphatic heterocycles. The molecule has 0 saturated carbocycles. The molecule has 0 unspecified atom stereocenters. The smallest absolute Gasteiger partial charge is 0.330 e. The summed E-state index contributed by atoms with van der Waals surface area (Å²) in [5.41, 5.74) is 0. The first kappa shape index (κ1) is 10.7. The molecule has 0 bridgehead atoms. The second kappa shape index (κ2) is 6.83. The fourth-order valence-corrected chi connectivity index (χ4v) is 0.160. The van der Waals surface area contributed by atoms with Gasteiger partial charge in [0.05, 0.1) is 6.61 Å². The summed E-state index contributed by atoms with van der Waals surface area (Å²) in [4.78, 5) is 10.0. The van der Waals surface area contributed by atoms with Gasteiger partial charge in [0.2, 0.25) is 0 Å². The third-order valence-corrected chi connectivity index (χ3v) is 0.411. The summed E-state index contributed by atoms with van der Waals surface area (Å²) >= 11 is 0. The molecule has 41 valence electrons. The van der Waals surface area contributed by atoms with Crippen LogP contribution in [0.5, 0.6) is 0 Å². The van der Waals surface area contributed by atoms with Gasteiger partial charge in [-0.05, 0) is 6.92 Å². The fraction of sp³-hybridized carbons (Fsp3) is 0.200. The minimum Gasteiger partial charge on any atom is -0.463 e. The standard InChI is InChI=1S/C5H7O2.Zn/c1-3-5(6)7-4-2;/h3H,1-2,4H2;. The molecule has 0 fully saturated rings. The Labute approximate surface area is 61.7 Å². The van der Waals surface area contributed by atoms with Gasteiger partial charge < -0.3 is 4.74 Å². The third kappa shape index (κ3) is 5.83. The van der Waals surface area contributed by atoms with Crippen LogP contribution in [-0.2, 0) is 29.0 Å². The predicted octanol–water partition coefficient (Wildman–Crippen LogP) is 0.547. The maximum atomic E-state index is 10.0. The van der Waals surface area contributed by atoms with Crippen LogP contribution in [0.15, 0.2) is 12.7 Å². The van der Waals surface area contributed by atoms with E-state index in [0.29, 0.717) is 0 Å². The molecule has 0 saturated heterocycles. The molecule has 0 aliphatic carbocycles. The van der Waals surface area contributed by atoms with Crippen LogP contribution in [-0.4, -0.2) is 12.6 Å². The van der Waals surface area contributed by atoms with Crippen LogP contribution in [0, 0.1) is 6.92 Å². The van der Waals surface area contributed by atoms with Gasteiger partial charge in [0.1, 0.15) is 0 Å². The molecule has 0 amide bonds. The second-order valence-corrected chi connectivity index (χ2v) is 0.872. The zero-order valence-electron chi connectivity index (χ0n) is 4.72. The van der Waals surface area contributed by atoms with Gasteiger partial charge in [-0.1, -0.05) is 6.58 Å². The molecule has 0 heterocycles. The number of hydrogen-bond acceptors (Lipinski definition) is 2. The molecule has 1 radical (unpaired) electrons. The molecular weight excluding hydrogens is 157 g/mol. The molecule has 0 spiro atoms. The van der Waals surface area contributed by atoms with Crippen LogP contribution in [0.2, 0.25) is 0 Å². The van der Waals surface area contributed by atoms with Crippen molar-refractivity contribution in [3.8, 4) is 0 Å². The Morgan fingerprint density at radius 3 is 2.38 bits per heavy atom. The minimum atomic E-state index is -0.421. The van der Waals surface area contributed by atoms with Crippen LogP contribution in [0.3, 0.4) is 0 Å². The normalized spacial score (nSPS) is 6.62. The van der Waals surface area contributed by atoms with Crippen molar-refractivity contribution in [2.45, 2.75) is 0 Å². The van der Waals surface area contributed by atoms with Crippen molar-refractivity contribution in [2.75, 3.05) is 6.61 Å². The maximum absolute atomic E-state index is 10.0. The number of ether oxygens (including phenoxy) is 1. The van der Waals surface area contributed by atoms with Crippen LogP contribution < -0.4 is 0 Å². The Kier molecular flexibility index (Phi) is 9.18. The van der Waals surface area contributed by atoms with Gasteiger partial charge in [-0.25, -0.2) is 4.79 Å². The summed E-state index contributed by atoms with van der Waals surface area (Å²) in [7, 11) is 0. The Bertz CT molecular complexity index is 80.5. The zero-order chi connectivity index (χ0) is 5.70. The number of rotatable bonds is 2. The summed E-state index contributed by atoms with van der Waals surface area (Å²) in [6, 6.07) is 0. The van der Waals surface area contributed by atoms with Gasteiger partial charge in [0.25, 0.3) is 0 Å². The molecule has 8 heavy (non-hydrogen) atoms. The Morgan fingerprint density at radius 1 is 1.75 bits per heavy atom. The van der Waals surface area contributed by atoms with Crippen molar-refractivity contribution >= 4 is 5.97 Å². The third-order valence-electron chi connectivity index (χ3n) is 0.411. The summed E-state index contributed by atoms with van der Waals surface area (Å²) < 4.78 is 4.32. The van der Waals surface area contributed by atoms with E-state index in [1.807, 2.05) is 0 Å².